The van der Waals surface area contributed by atoms with Gasteiger partial charge >= 0.3 is 0 Å². The summed E-state index contributed by atoms with van der Waals surface area (Å²) in [5, 5.41) is 10.4. The van der Waals surface area contributed by atoms with Crippen molar-refractivity contribution >= 4 is 15.9 Å². The molecule has 0 saturated heterocycles. The van der Waals surface area contributed by atoms with Gasteiger partial charge in [-0.1, -0.05) is 15.9 Å². The molecule has 104 valence electrons. The van der Waals surface area contributed by atoms with Crippen LogP contribution in [-0.4, -0.2) is 25.9 Å². The van der Waals surface area contributed by atoms with Gasteiger partial charge in [-0.2, -0.15) is 0 Å². The van der Waals surface area contributed by atoms with E-state index in [0.29, 0.717) is 29.4 Å². The lowest BCUT2D eigenvalue weighted by atomic mass is 10.0. The third-order valence-corrected chi connectivity index (χ3v) is 3.72. The number of rotatable bonds is 4. The van der Waals surface area contributed by atoms with Gasteiger partial charge < -0.3 is 19.3 Å². The van der Waals surface area contributed by atoms with Gasteiger partial charge in [0, 0.05) is 10.0 Å². The summed E-state index contributed by atoms with van der Waals surface area (Å²) in [6, 6.07) is 3.53. The average molecular weight is 329 g/mol. The van der Waals surface area contributed by atoms with Crippen LogP contribution in [0, 0.1) is 0 Å². The fraction of sp³-hybridized carbons (Fsp3) is 0.429. The van der Waals surface area contributed by atoms with Crippen LogP contribution in [0.1, 0.15) is 24.5 Å². The van der Waals surface area contributed by atoms with Crippen LogP contribution >= 0.6 is 15.9 Å². The zero-order valence-electron chi connectivity index (χ0n) is 11.0. The lowest BCUT2D eigenvalue weighted by Crippen LogP contribution is -2.10. The molecule has 1 N–H and O–H groups in total. The van der Waals surface area contributed by atoms with Crippen molar-refractivity contribution in [1.82, 2.24) is 0 Å². The predicted molar refractivity (Wildman–Crippen MR) is 75.5 cm³/mol. The third kappa shape index (κ3) is 3.04. The van der Waals surface area contributed by atoms with Gasteiger partial charge in [0.2, 0.25) is 0 Å². The fourth-order valence-corrected chi connectivity index (χ4v) is 2.54. The molecule has 5 heteroatoms. The maximum absolute atomic E-state index is 10.4. The molecular weight excluding hydrogens is 312 g/mol. The van der Waals surface area contributed by atoms with Crippen LogP contribution in [0.5, 0.6) is 11.5 Å². The number of aliphatic hydroxyl groups excluding tert-OH is 1. The number of methoxy groups -OCH3 is 2. The number of halogens is 1. The molecule has 0 amide bonds. The van der Waals surface area contributed by atoms with E-state index in [-0.39, 0.29) is 0 Å². The van der Waals surface area contributed by atoms with Gasteiger partial charge in [0.05, 0.1) is 20.8 Å². The summed E-state index contributed by atoms with van der Waals surface area (Å²) in [5.41, 5.74) is 0.700. The molecule has 1 aromatic carbocycles. The summed E-state index contributed by atoms with van der Waals surface area (Å²) in [6.07, 6.45) is 3.05. The van der Waals surface area contributed by atoms with E-state index >= 15 is 0 Å². The van der Waals surface area contributed by atoms with Crippen LogP contribution in [0.3, 0.4) is 0 Å². The quantitative estimate of drug-likeness (QED) is 0.922. The van der Waals surface area contributed by atoms with Crippen molar-refractivity contribution in [1.29, 1.82) is 0 Å². The van der Waals surface area contributed by atoms with Crippen molar-refractivity contribution in [2.75, 3.05) is 20.8 Å². The second-order valence-electron chi connectivity index (χ2n) is 4.23. The number of allylic oxidation sites excluding steroid dienone is 1. The molecule has 0 aromatic heterocycles. The number of benzene rings is 1. The van der Waals surface area contributed by atoms with Gasteiger partial charge in [0.1, 0.15) is 11.9 Å². The van der Waals surface area contributed by atoms with Crippen LogP contribution < -0.4 is 9.47 Å². The summed E-state index contributed by atoms with van der Waals surface area (Å²) in [7, 11) is 3.14. The van der Waals surface area contributed by atoms with Crippen molar-refractivity contribution in [3.8, 4) is 11.5 Å². The Kier molecular flexibility index (Phi) is 4.71. The largest absolute Gasteiger partial charge is 0.495 e. The molecule has 1 aliphatic rings. The van der Waals surface area contributed by atoms with Gasteiger partial charge in [0.25, 0.3) is 0 Å². The Morgan fingerprint density at radius 1 is 1.26 bits per heavy atom. The first-order valence-corrected chi connectivity index (χ1v) is 6.89. The van der Waals surface area contributed by atoms with Gasteiger partial charge in [0.15, 0.2) is 11.5 Å². The lowest BCUT2D eigenvalue weighted by Gasteiger charge is -2.21. The molecule has 19 heavy (non-hydrogen) atoms. The number of aliphatic hydroxyl groups is 1. The maximum atomic E-state index is 10.4. The number of hydrogen-bond acceptors (Lipinski definition) is 4. The summed E-state index contributed by atoms with van der Waals surface area (Å²) in [4.78, 5) is 0. The number of ether oxygens (including phenoxy) is 3. The smallest absolute Gasteiger partial charge is 0.161 e. The van der Waals surface area contributed by atoms with E-state index in [1.54, 1.807) is 26.4 Å². The second kappa shape index (κ2) is 6.30. The molecule has 0 saturated carbocycles. The van der Waals surface area contributed by atoms with E-state index in [4.69, 9.17) is 14.2 Å². The molecule has 0 bridgehead atoms. The van der Waals surface area contributed by atoms with Crippen molar-refractivity contribution in [2.24, 2.45) is 0 Å². The molecule has 2 rings (SSSR count). The van der Waals surface area contributed by atoms with Crippen LogP contribution in [0.15, 0.2) is 28.4 Å². The standard InChI is InChI=1S/C14H17BrO4/c1-17-12-7-9(10(15)8-13(12)18-2)14(16)11-5-3-4-6-19-11/h5,7-8,14,16H,3-4,6H2,1-2H3. The van der Waals surface area contributed by atoms with Gasteiger partial charge in [-0.15, -0.1) is 0 Å². The van der Waals surface area contributed by atoms with Crippen molar-refractivity contribution < 1.29 is 19.3 Å². The number of hydrogen-bond donors (Lipinski definition) is 1. The Bertz CT molecular complexity index is 485. The molecule has 1 heterocycles. The minimum absolute atomic E-state index is 0.580. The molecule has 1 unspecified atom stereocenters. The second-order valence-corrected chi connectivity index (χ2v) is 5.08. The minimum atomic E-state index is -0.797. The van der Waals surface area contributed by atoms with Crippen LogP contribution in [0.25, 0.3) is 0 Å². The van der Waals surface area contributed by atoms with Gasteiger partial charge in [-0.05, 0) is 31.1 Å². The normalized spacial score (nSPS) is 16.3. The lowest BCUT2D eigenvalue weighted by molar-refractivity contribution is 0.0912. The van der Waals surface area contributed by atoms with E-state index in [1.807, 2.05) is 6.08 Å². The maximum Gasteiger partial charge on any atom is 0.161 e. The van der Waals surface area contributed by atoms with Crippen LogP contribution in [0.2, 0.25) is 0 Å². The van der Waals surface area contributed by atoms with Gasteiger partial charge in [-0.3, -0.25) is 0 Å². The third-order valence-electron chi connectivity index (χ3n) is 3.03. The van der Waals surface area contributed by atoms with Crippen molar-refractivity contribution in [3.63, 3.8) is 0 Å². The molecule has 4 nitrogen and oxygen atoms in total. The Labute approximate surface area is 121 Å². The monoisotopic (exact) mass is 328 g/mol. The Balaban J connectivity index is 2.35. The summed E-state index contributed by atoms with van der Waals surface area (Å²) in [6.45, 7) is 0.647. The molecule has 1 atom stereocenters. The summed E-state index contributed by atoms with van der Waals surface area (Å²) >= 11 is 3.44. The van der Waals surface area contributed by atoms with E-state index in [1.165, 1.54) is 0 Å². The van der Waals surface area contributed by atoms with Crippen LogP contribution in [-0.2, 0) is 4.74 Å². The van der Waals surface area contributed by atoms with Crippen LogP contribution in [0.4, 0.5) is 0 Å². The molecule has 0 aliphatic carbocycles. The molecule has 0 radical (unpaired) electrons. The first kappa shape index (κ1) is 14.2. The predicted octanol–water partition coefficient (Wildman–Crippen LogP) is 3.19. The molecular formula is C14H17BrO4. The van der Waals surface area contributed by atoms with Crippen molar-refractivity contribution in [3.05, 3.63) is 34.0 Å². The zero-order chi connectivity index (χ0) is 13.8. The van der Waals surface area contributed by atoms with E-state index in [2.05, 4.69) is 15.9 Å². The topological polar surface area (TPSA) is 47.9 Å². The summed E-state index contributed by atoms with van der Waals surface area (Å²) < 4.78 is 16.7. The Morgan fingerprint density at radius 3 is 2.53 bits per heavy atom. The van der Waals surface area contributed by atoms with Gasteiger partial charge in [-0.25, -0.2) is 0 Å². The Morgan fingerprint density at radius 2 is 1.95 bits per heavy atom. The van der Waals surface area contributed by atoms with E-state index in [0.717, 1.165) is 17.3 Å². The highest BCUT2D eigenvalue weighted by atomic mass is 79.9. The summed E-state index contributed by atoms with van der Waals surface area (Å²) in [5.74, 6) is 1.79. The first-order chi connectivity index (χ1) is 9.17. The molecule has 1 aliphatic heterocycles. The van der Waals surface area contributed by atoms with E-state index in [9.17, 15) is 5.11 Å². The average Bonchev–Trinajstić information content (AvgIpc) is 2.47. The highest BCUT2D eigenvalue weighted by Gasteiger charge is 2.21. The minimum Gasteiger partial charge on any atom is -0.495 e. The van der Waals surface area contributed by atoms with Crippen molar-refractivity contribution in [2.45, 2.75) is 18.9 Å². The zero-order valence-corrected chi connectivity index (χ0v) is 12.6. The molecule has 0 spiro atoms. The highest BCUT2D eigenvalue weighted by molar-refractivity contribution is 9.10. The fourth-order valence-electron chi connectivity index (χ4n) is 2.00. The van der Waals surface area contributed by atoms with E-state index < -0.39 is 6.10 Å². The first-order valence-electron chi connectivity index (χ1n) is 6.09. The Hall–Kier alpha value is -1.20. The molecule has 1 aromatic rings. The SMILES string of the molecule is COc1cc(Br)c(C(O)C2=CCCCO2)cc1OC. The molecule has 0 fully saturated rings. The highest BCUT2D eigenvalue weighted by Crippen LogP contribution is 2.38.